The fourth-order valence-electron chi connectivity index (χ4n) is 3.61. The Bertz CT molecular complexity index is 1440. The molecule has 0 bridgehead atoms. The average molecular weight is 500 g/mol. The molecule has 0 saturated carbocycles. The van der Waals surface area contributed by atoms with E-state index in [-0.39, 0.29) is 35.9 Å². The molecule has 0 spiro atoms. The maximum Gasteiger partial charge on any atom is 0.331 e. The van der Waals surface area contributed by atoms with Crippen LogP contribution >= 0.6 is 0 Å². The standard InChI is InChI=1S/C24H25N3O7S/c1-17-3-7-22-25-19(14-23(28)27(22)15-17)16-34-24(29)8-5-18-4-6-20(32-2)21(13-18)35(30,31)26-9-11-33-12-10-26/h3-8,13-15H,9-12,16H2,1-2H3. The first-order valence-corrected chi connectivity index (χ1v) is 12.3. The van der Waals surface area contributed by atoms with Gasteiger partial charge in [-0.1, -0.05) is 12.1 Å². The number of nitrogens with zero attached hydrogens (tertiary/aromatic N) is 3. The third kappa shape index (κ3) is 5.59. The summed E-state index contributed by atoms with van der Waals surface area (Å²) in [6, 6.07) is 9.48. The largest absolute Gasteiger partial charge is 0.495 e. The van der Waals surface area contributed by atoms with Gasteiger partial charge in [-0.3, -0.25) is 9.20 Å². The summed E-state index contributed by atoms with van der Waals surface area (Å²) in [7, 11) is -2.40. The molecule has 1 aliphatic heterocycles. The van der Waals surface area contributed by atoms with Crippen molar-refractivity contribution in [3.05, 3.63) is 75.8 Å². The zero-order chi connectivity index (χ0) is 25.0. The molecule has 0 aliphatic carbocycles. The SMILES string of the molecule is COc1ccc(C=CC(=O)OCc2cc(=O)n3cc(C)ccc3n2)cc1S(=O)(=O)N1CCOCC1. The summed E-state index contributed by atoms with van der Waals surface area (Å²) in [6.07, 6.45) is 4.32. The van der Waals surface area contributed by atoms with E-state index < -0.39 is 16.0 Å². The summed E-state index contributed by atoms with van der Waals surface area (Å²) in [5, 5.41) is 0. The van der Waals surface area contributed by atoms with E-state index >= 15 is 0 Å². The smallest absolute Gasteiger partial charge is 0.331 e. The minimum Gasteiger partial charge on any atom is -0.495 e. The predicted molar refractivity (Wildman–Crippen MR) is 128 cm³/mol. The van der Waals surface area contributed by atoms with Crippen molar-refractivity contribution in [2.75, 3.05) is 33.4 Å². The van der Waals surface area contributed by atoms with Gasteiger partial charge in [0, 0.05) is 31.4 Å². The van der Waals surface area contributed by atoms with Crippen LogP contribution in [0.4, 0.5) is 0 Å². The van der Waals surface area contributed by atoms with Crippen LogP contribution in [0.15, 0.2) is 58.4 Å². The van der Waals surface area contributed by atoms with E-state index in [9.17, 15) is 18.0 Å². The number of esters is 1. The van der Waals surface area contributed by atoms with Crippen molar-refractivity contribution in [3.8, 4) is 5.75 Å². The molecule has 3 heterocycles. The normalized spacial score (nSPS) is 14.9. The van der Waals surface area contributed by atoms with E-state index in [1.54, 1.807) is 18.3 Å². The first-order valence-electron chi connectivity index (χ1n) is 10.9. The minimum atomic E-state index is -3.80. The Kier molecular flexibility index (Phi) is 7.29. The molecule has 35 heavy (non-hydrogen) atoms. The number of carbonyl (C=O) groups is 1. The van der Waals surface area contributed by atoms with Crippen LogP contribution in [0.2, 0.25) is 0 Å². The number of fused-ring (bicyclic) bond motifs is 1. The van der Waals surface area contributed by atoms with E-state index in [2.05, 4.69) is 4.98 Å². The summed E-state index contributed by atoms with van der Waals surface area (Å²) in [5.41, 5.74) is 1.91. The lowest BCUT2D eigenvalue weighted by Gasteiger charge is -2.26. The van der Waals surface area contributed by atoms with Gasteiger partial charge in [0.25, 0.3) is 5.56 Å². The molecular formula is C24H25N3O7S. The van der Waals surface area contributed by atoms with Gasteiger partial charge >= 0.3 is 5.97 Å². The van der Waals surface area contributed by atoms with Gasteiger partial charge in [-0.05, 0) is 42.3 Å². The molecule has 1 aromatic carbocycles. The van der Waals surface area contributed by atoms with Gasteiger partial charge in [-0.25, -0.2) is 18.2 Å². The number of hydrogen-bond donors (Lipinski definition) is 0. The van der Waals surface area contributed by atoms with Gasteiger partial charge in [0.15, 0.2) is 0 Å². The molecule has 11 heteroatoms. The first kappa shape index (κ1) is 24.6. The highest BCUT2D eigenvalue weighted by Crippen LogP contribution is 2.28. The fourth-order valence-corrected chi connectivity index (χ4v) is 5.21. The third-order valence-electron chi connectivity index (χ3n) is 5.41. The van der Waals surface area contributed by atoms with E-state index in [1.807, 2.05) is 13.0 Å². The molecule has 1 aliphatic rings. The molecule has 0 atom stereocenters. The summed E-state index contributed by atoms with van der Waals surface area (Å²) in [5.74, 6) is -0.454. The Balaban J connectivity index is 1.47. The summed E-state index contributed by atoms with van der Waals surface area (Å²) in [4.78, 5) is 28.9. The minimum absolute atomic E-state index is 0.00786. The number of pyridine rings is 1. The molecule has 0 N–H and O–H groups in total. The summed E-state index contributed by atoms with van der Waals surface area (Å²) in [6.45, 7) is 2.85. The van der Waals surface area contributed by atoms with Crippen molar-refractivity contribution in [2.24, 2.45) is 0 Å². The van der Waals surface area contributed by atoms with Gasteiger partial charge in [-0.15, -0.1) is 0 Å². The Morgan fingerprint density at radius 1 is 1.17 bits per heavy atom. The second-order valence-corrected chi connectivity index (χ2v) is 9.79. The number of carbonyl (C=O) groups excluding carboxylic acids is 1. The van der Waals surface area contributed by atoms with Crippen LogP contribution in [0.1, 0.15) is 16.8 Å². The Morgan fingerprint density at radius 2 is 1.94 bits per heavy atom. The van der Waals surface area contributed by atoms with Crippen LogP contribution in [-0.2, 0) is 30.9 Å². The predicted octanol–water partition coefficient (Wildman–Crippen LogP) is 1.79. The maximum absolute atomic E-state index is 13.1. The molecule has 1 saturated heterocycles. The van der Waals surface area contributed by atoms with Crippen LogP contribution in [0.3, 0.4) is 0 Å². The molecule has 0 radical (unpaired) electrons. The van der Waals surface area contributed by atoms with Crippen molar-refractivity contribution in [1.29, 1.82) is 0 Å². The highest BCUT2D eigenvalue weighted by Gasteiger charge is 2.29. The second-order valence-electron chi connectivity index (χ2n) is 7.89. The Hall–Kier alpha value is -3.54. The van der Waals surface area contributed by atoms with Gasteiger partial charge in [0.05, 0.1) is 26.0 Å². The number of aryl methyl sites for hydroxylation is 1. The van der Waals surface area contributed by atoms with E-state index in [0.717, 1.165) is 5.56 Å². The molecule has 0 unspecified atom stereocenters. The number of methoxy groups -OCH3 is 1. The quantitative estimate of drug-likeness (QED) is 0.357. The molecule has 0 amide bonds. The van der Waals surface area contributed by atoms with Crippen LogP contribution < -0.4 is 10.3 Å². The zero-order valence-corrected chi connectivity index (χ0v) is 20.2. The zero-order valence-electron chi connectivity index (χ0n) is 19.3. The Morgan fingerprint density at radius 3 is 2.69 bits per heavy atom. The van der Waals surface area contributed by atoms with Crippen molar-refractivity contribution in [1.82, 2.24) is 13.7 Å². The molecule has 2 aromatic heterocycles. The van der Waals surface area contributed by atoms with Gasteiger partial charge in [0.2, 0.25) is 10.0 Å². The van der Waals surface area contributed by atoms with Crippen LogP contribution in [0, 0.1) is 6.92 Å². The van der Waals surface area contributed by atoms with Crippen LogP contribution in [-0.4, -0.2) is 61.5 Å². The first-order chi connectivity index (χ1) is 16.8. The topological polar surface area (TPSA) is 117 Å². The third-order valence-corrected chi connectivity index (χ3v) is 7.33. The number of rotatable bonds is 7. The summed E-state index contributed by atoms with van der Waals surface area (Å²) >= 11 is 0. The highest BCUT2D eigenvalue weighted by atomic mass is 32.2. The molecule has 1 fully saturated rings. The van der Waals surface area contributed by atoms with Crippen molar-refractivity contribution < 1.29 is 27.4 Å². The maximum atomic E-state index is 13.1. The average Bonchev–Trinajstić information content (AvgIpc) is 2.87. The van der Waals surface area contributed by atoms with Crippen molar-refractivity contribution >= 4 is 27.7 Å². The van der Waals surface area contributed by atoms with Gasteiger partial charge in [-0.2, -0.15) is 4.31 Å². The number of sulfonamides is 1. The monoisotopic (exact) mass is 499 g/mol. The number of ether oxygens (including phenoxy) is 3. The number of hydrogen-bond acceptors (Lipinski definition) is 8. The molecule has 10 nitrogen and oxygen atoms in total. The Labute approximate surface area is 202 Å². The lowest BCUT2D eigenvalue weighted by Crippen LogP contribution is -2.40. The number of aromatic nitrogens is 2. The van der Waals surface area contributed by atoms with E-state index in [4.69, 9.17) is 14.2 Å². The molecule has 184 valence electrons. The molecule has 4 rings (SSSR count). The number of morpholine rings is 1. The fraction of sp³-hybridized carbons (Fsp3) is 0.292. The van der Waals surface area contributed by atoms with Gasteiger partial charge < -0.3 is 14.2 Å². The van der Waals surface area contributed by atoms with E-state index in [0.29, 0.717) is 30.1 Å². The summed E-state index contributed by atoms with van der Waals surface area (Å²) < 4.78 is 44.7. The van der Waals surface area contributed by atoms with Crippen molar-refractivity contribution in [2.45, 2.75) is 18.4 Å². The lowest BCUT2D eigenvalue weighted by molar-refractivity contribution is -0.139. The van der Waals surface area contributed by atoms with Crippen molar-refractivity contribution in [3.63, 3.8) is 0 Å². The highest BCUT2D eigenvalue weighted by molar-refractivity contribution is 7.89. The van der Waals surface area contributed by atoms with Crippen LogP contribution in [0.25, 0.3) is 11.7 Å². The lowest BCUT2D eigenvalue weighted by atomic mass is 10.2. The molecule has 3 aromatic rings. The second kappa shape index (κ2) is 10.4. The van der Waals surface area contributed by atoms with Crippen LogP contribution in [0.5, 0.6) is 5.75 Å². The van der Waals surface area contributed by atoms with Gasteiger partial charge in [0.1, 0.15) is 22.9 Å². The number of benzene rings is 1. The van der Waals surface area contributed by atoms with E-state index in [1.165, 1.54) is 46.2 Å². The molecular weight excluding hydrogens is 474 g/mol.